The SMILES string of the molecule is [CH-]=C=C[As](O)(O)C=C=[CH-].[CH3-].[Pt]. The van der Waals surface area contributed by atoms with Crippen molar-refractivity contribution >= 4 is 14.2 Å². The quantitative estimate of drug-likeness (QED) is 0.400. The first-order chi connectivity index (χ1) is 4.12. The van der Waals surface area contributed by atoms with Crippen molar-refractivity contribution in [3.05, 3.63) is 41.8 Å². The van der Waals surface area contributed by atoms with Crippen LogP contribution in [0.2, 0.25) is 0 Å². The van der Waals surface area contributed by atoms with Crippen molar-refractivity contribution < 1.29 is 29.3 Å². The van der Waals surface area contributed by atoms with Gasteiger partial charge in [-0.1, -0.05) is 0 Å². The summed E-state index contributed by atoms with van der Waals surface area (Å²) < 4.78 is 17.7. The van der Waals surface area contributed by atoms with Crippen LogP contribution in [0.15, 0.2) is 21.2 Å². The molecule has 1 radical (unpaired) electrons. The topological polar surface area (TPSA) is 40.5 Å². The molecule has 0 heterocycles. The first-order valence-corrected chi connectivity index (χ1v) is 5.92. The van der Waals surface area contributed by atoms with Gasteiger partial charge in [-0.3, -0.25) is 0 Å². The molecule has 0 saturated carbocycles. The normalized spacial score (nSPS) is 7.45. The molecule has 11 heavy (non-hydrogen) atoms. The average Bonchev–Trinajstić information content (AvgIpc) is 1.64. The molecule has 0 aromatic carbocycles. The van der Waals surface area contributed by atoms with Crippen LogP contribution < -0.4 is 0 Å². The maximum absolute atomic E-state index is 8.85. The molecular weight excluding hydrogens is 386 g/mol. The summed E-state index contributed by atoms with van der Waals surface area (Å²) >= 11 is -3.74. The Kier molecular flexibility index (Phi) is 13.1. The van der Waals surface area contributed by atoms with Gasteiger partial charge in [0.05, 0.1) is 0 Å². The van der Waals surface area contributed by atoms with Gasteiger partial charge in [0.25, 0.3) is 0 Å². The van der Waals surface area contributed by atoms with E-state index in [2.05, 4.69) is 0 Å². The Labute approximate surface area is 85.1 Å². The van der Waals surface area contributed by atoms with Crippen LogP contribution in [0.3, 0.4) is 0 Å². The zero-order valence-electron chi connectivity index (χ0n) is 5.97. The van der Waals surface area contributed by atoms with Crippen molar-refractivity contribution in [3.8, 4) is 0 Å². The minimum Gasteiger partial charge on any atom is -0.358 e. The standard InChI is InChI=1S/C6H6AsO2.CH3.Pt/c1-3-5-7(8,9)6-4-2;;/h1-2,5-6,8-9H;1H3;/q-2;-1;. The number of hydrogen-bond donors (Lipinski definition) is 2. The van der Waals surface area contributed by atoms with E-state index in [1.54, 1.807) is 0 Å². The van der Waals surface area contributed by atoms with E-state index < -0.39 is 14.2 Å². The Morgan fingerprint density at radius 2 is 1.36 bits per heavy atom. The van der Waals surface area contributed by atoms with E-state index in [4.69, 9.17) is 21.3 Å². The Morgan fingerprint density at radius 3 is 1.55 bits per heavy atom. The summed E-state index contributed by atoms with van der Waals surface area (Å²) in [5, 5.41) is 0. The third kappa shape index (κ3) is 10.2. The van der Waals surface area contributed by atoms with E-state index in [-0.39, 0.29) is 28.5 Å². The average molecular weight is 395 g/mol. The second-order valence-electron chi connectivity index (χ2n) is 1.29. The first kappa shape index (κ1) is 17.3. The molecule has 0 saturated heterocycles. The van der Waals surface area contributed by atoms with Gasteiger partial charge in [-0.15, -0.1) is 0 Å². The fourth-order valence-electron chi connectivity index (χ4n) is 0.257. The van der Waals surface area contributed by atoms with Crippen LogP contribution in [-0.4, -0.2) is 22.4 Å². The van der Waals surface area contributed by atoms with Crippen molar-refractivity contribution in [1.29, 1.82) is 0 Å². The van der Waals surface area contributed by atoms with Gasteiger partial charge in [-0.05, 0) is 0 Å². The van der Waals surface area contributed by atoms with Gasteiger partial charge in [0.15, 0.2) is 0 Å². The number of hydrogen-bond acceptors (Lipinski definition) is 2. The van der Waals surface area contributed by atoms with E-state index in [9.17, 15) is 0 Å². The molecule has 0 atom stereocenters. The summed E-state index contributed by atoms with van der Waals surface area (Å²) in [5.74, 6) is 0. The van der Waals surface area contributed by atoms with Crippen LogP contribution in [0.5, 0.6) is 0 Å². The van der Waals surface area contributed by atoms with Crippen molar-refractivity contribution in [3.63, 3.8) is 0 Å². The minimum atomic E-state index is -3.74. The minimum absolute atomic E-state index is 0. The van der Waals surface area contributed by atoms with Crippen LogP contribution >= 0.6 is 0 Å². The summed E-state index contributed by atoms with van der Waals surface area (Å²) in [6.07, 6.45) is 0. The van der Waals surface area contributed by atoms with Crippen molar-refractivity contribution in [2.24, 2.45) is 0 Å². The number of rotatable bonds is 2. The van der Waals surface area contributed by atoms with E-state index in [1.807, 2.05) is 11.5 Å². The monoisotopic (exact) mass is 395 g/mol. The largest absolute Gasteiger partial charge is 0.358 e. The third-order valence-corrected chi connectivity index (χ3v) is 2.75. The molecule has 2 N–H and O–H groups in total. The molecule has 4 heteroatoms. The molecule has 67 valence electrons. The predicted octanol–water partition coefficient (Wildman–Crippen LogP) is 0.228. The van der Waals surface area contributed by atoms with Crippen LogP contribution in [-0.2, 0) is 21.1 Å². The van der Waals surface area contributed by atoms with E-state index in [0.717, 1.165) is 9.73 Å². The molecule has 0 unspecified atom stereocenters. The smallest absolute Gasteiger partial charge is 0 e. The molecule has 0 aromatic heterocycles. The van der Waals surface area contributed by atoms with Crippen LogP contribution in [0, 0.1) is 20.6 Å². The van der Waals surface area contributed by atoms with Gasteiger partial charge in [0, 0.05) is 21.1 Å². The van der Waals surface area contributed by atoms with Crippen LogP contribution in [0.1, 0.15) is 0 Å². The summed E-state index contributed by atoms with van der Waals surface area (Å²) in [4.78, 5) is 2.02. The van der Waals surface area contributed by atoms with E-state index >= 15 is 0 Å². The molecule has 0 bridgehead atoms. The Hall–Kier alpha value is 0.207. The zero-order chi connectivity index (χ0) is 7.33. The summed E-state index contributed by atoms with van der Waals surface area (Å²) in [6.45, 7) is 9.55. The Bertz CT molecular complexity index is 169. The van der Waals surface area contributed by atoms with Crippen molar-refractivity contribution in [1.82, 2.24) is 0 Å². The Morgan fingerprint density at radius 1 is 1.09 bits per heavy atom. The maximum atomic E-state index is 8.85. The fraction of sp³-hybridized carbons (Fsp3) is 0. The molecule has 0 aliphatic rings. The summed E-state index contributed by atoms with van der Waals surface area (Å²) in [6, 6.07) is 0. The molecule has 2 nitrogen and oxygen atoms in total. The molecule has 0 fully saturated rings. The fourth-order valence-corrected chi connectivity index (χ4v) is 1.33. The molecule has 0 aliphatic carbocycles. The second kappa shape index (κ2) is 8.30. The van der Waals surface area contributed by atoms with Gasteiger partial charge in [0.2, 0.25) is 0 Å². The van der Waals surface area contributed by atoms with Crippen LogP contribution in [0.4, 0.5) is 0 Å². The molecule has 0 amide bonds. The molecule has 0 aromatic rings. The molecular formula is C7H9AsO2Pt-3. The van der Waals surface area contributed by atoms with E-state index in [0.29, 0.717) is 0 Å². The maximum Gasteiger partial charge on any atom is 0 e. The van der Waals surface area contributed by atoms with Gasteiger partial charge in [0.1, 0.15) is 0 Å². The second-order valence-corrected chi connectivity index (χ2v) is 5.31. The molecule has 0 aliphatic heterocycles. The summed E-state index contributed by atoms with van der Waals surface area (Å²) in [5.41, 5.74) is 4.03. The van der Waals surface area contributed by atoms with Crippen molar-refractivity contribution in [2.75, 3.05) is 0 Å². The van der Waals surface area contributed by atoms with Gasteiger partial charge >= 0.3 is 56.8 Å². The zero-order valence-corrected chi connectivity index (χ0v) is 10.1. The first-order valence-electron chi connectivity index (χ1n) is 2.07. The molecule has 0 spiro atoms. The van der Waals surface area contributed by atoms with Gasteiger partial charge < -0.3 is 7.43 Å². The van der Waals surface area contributed by atoms with Crippen LogP contribution in [0.25, 0.3) is 0 Å². The predicted molar refractivity (Wildman–Crippen MR) is 41.4 cm³/mol. The molecule has 0 rings (SSSR count). The van der Waals surface area contributed by atoms with Gasteiger partial charge in [-0.2, -0.15) is 0 Å². The van der Waals surface area contributed by atoms with E-state index in [1.165, 1.54) is 0 Å². The third-order valence-electron chi connectivity index (χ3n) is 0.529. The van der Waals surface area contributed by atoms with Crippen molar-refractivity contribution in [2.45, 2.75) is 0 Å². The summed E-state index contributed by atoms with van der Waals surface area (Å²) in [7, 11) is 0. The Balaban J connectivity index is -0.000000320. The van der Waals surface area contributed by atoms with Gasteiger partial charge in [-0.25, -0.2) is 0 Å².